The average Bonchev–Trinajstić information content (AvgIpc) is 2.36. The third-order valence-electron chi connectivity index (χ3n) is 2.56. The Bertz CT molecular complexity index is 416. The molecule has 1 aromatic heterocycles. The van der Waals surface area contributed by atoms with Crippen LogP contribution >= 0.6 is 35.1 Å². The van der Waals surface area contributed by atoms with E-state index >= 15 is 0 Å². The molecule has 18 heavy (non-hydrogen) atoms. The normalized spacial score (nSPS) is 19.6. The molecule has 1 aromatic rings. The highest BCUT2D eigenvalue weighted by Crippen LogP contribution is 2.23. The number of hydrogen-bond donors (Lipinski definition) is 1. The second kappa shape index (κ2) is 6.68. The Morgan fingerprint density at radius 3 is 3.06 bits per heavy atom. The molecule has 98 valence electrons. The van der Waals surface area contributed by atoms with E-state index in [-0.39, 0.29) is 5.91 Å². The molecule has 1 amide bonds. The molecule has 0 aromatic carbocycles. The standard InChI is InChI=1S/C12H15ClN2OS2/c1-8-4-9(5-11(13)15-8)12(16)14-6-10-7-17-2-3-18-10/h4-5,10H,2-3,6-7H2,1H3,(H,14,16). The zero-order valence-electron chi connectivity index (χ0n) is 10.1. The maximum absolute atomic E-state index is 12.0. The van der Waals surface area contributed by atoms with E-state index in [2.05, 4.69) is 10.3 Å². The third kappa shape index (κ3) is 4.07. The van der Waals surface area contributed by atoms with E-state index in [1.165, 1.54) is 11.5 Å². The van der Waals surface area contributed by atoms with Crippen LogP contribution in [0.4, 0.5) is 0 Å². The number of carbonyl (C=O) groups excluding carboxylic acids is 1. The Hall–Kier alpha value is -0.390. The summed E-state index contributed by atoms with van der Waals surface area (Å²) in [6.07, 6.45) is 0. The van der Waals surface area contributed by atoms with Crippen molar-refractivity contribution < 1.29 is 4.79 Å². The lowest BCUT2D eigenvalue weighted by atomic mass is 10.2. The summed E-state index contributed by atoms with van der Waals surface area (Å²) in [6, 6.07) is 3.36. The molecule has 0 aliphatic carbocycles. The Kier molecular flexibility index (Phi) is 5.21. The van der Waals surface area contributed by atoms with E-state index in [0.717, 1.165) is 18.0 Å². The molecule has 1 fully saturated rings. The second-order valence-electron chi connectivity index (χ2n) is 4.10. The number of halogens is 1. The van der Waals surface area contributed by atoms with Gasteiger partial charge in [-0.1, -0.05) is 11.6 Å². The maximum Gasteiger partial charge on any atom is 0.251 e. The SMILES string of the molecule is Cc1cc(C(=O)NCC2CSCCS2)cc(Cl)n1. The number of nitrogens with one attached hydrogen (secondary N) is 1. The van der Waals surface area contributed by atoms with Crippen molar-refractivity contribution in [1.82, 2.24) is 10.3 Å². The van der Waals surface area contributed by atoms with E-state index in [9.17, 15) is 4.79 Å². The number of aryl methyl sites for hydroxylation is 1. The van der Waals surface area contributed by atoms with Gasteiger partial charge in [-0.2, -0.15) is 23.5 Å². The van der Waals surface area contributed by atoms with Gasteiger partial charge in [-0.25, -0.2) is 4.98 Å². The number of carbonyl (C=O) groups is 1. The lowest BCUT2D eigenvalue weighted by Gasteiger charge is -2.21. The predicted molar refractivity (Wildman–Crippen MR) is 79.9 cm³/mol. The van der Waals surface area contributed by atoms with Gasteiger partial charge in [0.2, 0.25) is 0 Å². The number of thioether (sulfide) groups is 2. The first-order chi connectivity index (χ1) is 8.65. The van der Waals surface area contributed by atoms with Gasteiger partial charge >= 0.3 is 0 Å². The fraction of sp³-hybridized carbons (Fsp3) is 0.500. The highest BCUT2D eigenvalue weighted by Gasteiger charge is 2.16. The number of nitrogens with zero attached hydrogens (tertiary/aromatic N) is 1. The van der Waals surface area contributed by atoms with E-state index in [1.54, 1.807) is 12.1 Å². The van der Waals surface area contributed by atoms with Gasteiger partial charge < -0.3 is 5.32 Å². The average molecular weight is 303 g/mol. The monoisotopic (exact) mass is 302 g/mol. The molecule has 1 saturated heterocycles. The first kappa shape index (κ1) is 14.0. The van der Waals surface area contributed by atoms with Crippen LogP contribution in [0.3, 0.4) is 0 Å². The number of pyridine rings is 1. The summed E-state index contributed by atoms with van der Waals surface area (Å²) < 4.78 is 0. The summed E-state index contributed by atoms with van der Waals surface area (Å²) in [5.41, 5.74) is 1.34. The molecule has 1 aliphatic heterocycles. The summed E-state index contributed by atoms with van der Waals surface area (Å²) in [6.45, 7) is 2.55. The van der Waals surface area contributed by atoms with E-state index in [1.807, 2.05) is 30.4 Å². The smallest absolute Gasteiger partial charge is 0.251 e. The highest BCUT2D eigenvalue weighted by atomic mass is 35.5. The van der Waals surface area contributed by atoms with Crippen LogP contribution in [-0.4, -0.2) is 39.9 Å². The van der Waals surface area contributed by atoms with Gasteiger partial charge in [0, 0.05) is 40.3 Å². The van der Waals surface area contributed by atoms with Gasteiger partial charge in [0.1, 0.15) is 5.15 Å². The van der Waals surface area contributed by atoms with Crippen LogP contribution in [0, 0.1) is 6.92 Å². The van der Waals surface area contributed by atoms with Crippen molar-refractivity contribution in [2.75, 3.05) is 23.8 Å². The molecule has 2 heterocycles. The van der Waals surface area contributed by atoms with Gasteiger partial charge in [-0.15, -0.1) is 0 Å². The molecular weight excluding hydrogens is 288 g/mol. The Morgan fingerprint density at radius 1 is 1.56 bits per heavy atom. The quantitative estimate of drug-likeness (QED) is 0.872. The second-order valence-corrected chi connectivity index (χ2v) is 7.04. The number of amides is 1. The van der Waals surface area contributed by atoms with Gasteiger partial charge in [0.05, 0.1) is 0 Å². The zero-order valence-corrected chi connectivity index (χ0v) is 12.5. The van der Waals surface area contributed by atoms with Crippen molar-refractivity contribution in [2.45, 2.75) is 12.2 Å². The summed E-state index contributed by atoms with van der Waals surface area (Å²) in [4.78, 5) is 16.0. The van der Waals surface area contributed by atoms with Crippen molar-refractivity contribution in [2.24, 2.45) is 0 Å². The van der Waals surface area contributed by atoms with Crippen molar-refractivity contribution in [1.29, 1.82) is 0 Å². The van der Waals surface area contributed by atoms with Gasteiger partial charge in [0.15, 0.2) is 0 Å². The minimum absolute atomic E-state index is 0.0708. The van der Waals surface area contributed by atoms with Crippen LogP contribution in [-0.2, 0) is 0 Å². The van der Waals surface area contributed by atoms with Crippen molar-refractivity contribution in [3.63, 3.8) is 0 Å². The number of hydrogen-bond acceptors (Lipinski definition) is 4. The van der Waals surface area contributed by atoms with Gasteiger partial charge in [-0.05, 0) is 19.1 Å². The molecule has 6 heteroatoms. The molecule has 0 spiro atoms. The van der Waals surface area contributed by atoms with Crippen LogP contribution in [0.1, 0.15) is 16.1 Å². The van der Waals surface area contributed by atoms with E-state index in [4.69, 9.17) is 11.6 Å². The fourth-order valence-electron chi connectivity index (χ4n) is 1.72. The molecule has 3 nitrogen and oxygen atoms in total. The van der Waals surface area contributed by atoms with Crippen LogP contribution in [0.15, 0.2) is 12.1 Å². The zero-order chi connectivity index (χ0) is 13.0. The third-order valence-corrected chi connectivity index (χ3v) is 5.60. The first-order valence-electron chi connectivity index (χ1n) is 5.77. The first-order valence-corrected chi connectivity index (χ1v) is 8.35. The van der Waals surface area contributed by atoms with Crippen molar-refractivity contribution in [3.05, 3.63) is 28.5 Å². The minimum atomic E-state index is -0.0708. The van der Waals surface area contributed by atoms with E-state index < -0.39 is 0 Å². The van der Waals surface area contributed by atoms with Crippen LogP contribution in [0.2, 0.25) is 5.15 Å². The van der Waals surface area contributed by atoms with Crippen molar-refractivity contribution >= 4 is 41.0 Å². The van der Waals surface area contributed by atoms with Gasteiger partial charge in [-0.3, -0.25) is 4.79 Å². The predicted octanol–water partition coefficient (Wildman–Crippen LogP) is 2.62. The fourth-order valence-corrected chi connectivity index (χ4v) is 4.58. The summed E-state index contributed by atoms with van der Waals surface area (Å²) >= 11 is 9.73. The molecule has 2 rings (SSSR count). The molecule has 0 radical (unpaired) electrons. The van der Waals surface area contributed by atoms with Crippen LogP contribution in [0.5, 0.6) is 0 Å². The molecular formula is C12H15ClN2OS2. The van der Waals surface area contributed by atoms with E-state index in [0.29, 0.717) is 16.0 Å². The molecule has 0 saturated carbocycles. The molecule has 0 bridgehead atoms. The number of rotatable bonds is 3. The van der Waals surface area contributed by atoms with Gasteiger partial charge in [0.25, 0.3) is 5.91 Å². The lowest BCUT2D eigenvalue weighted by Crippen LogP contribution is -2.33. The summed E-state index contributed by atoms with van der Waals surface area (Å²) in [7, 11) is 0. The largest absolute Gasteiger partial charge is 0.351 e. The number of aromatic nitrogens is 1. The summed E-state index contributed by atoms with van der Waals surface area (Å²) in [5, 5.41) is 3.85. The van der Waals surface area contributed by atoms with Crippen molar-refractivity contribution in [3.8, 4) is 0 Å². The summed E-state index contributed by atoms with van der Waals surface area (Å²) in [5.74, 6) is 3.43. The topological polar surface area (TPSA) is 42.0 Å². The maximum atomic E-state index is 12.0. The molecule has 1 unspecified atom stereocenters. The minimum Gasteiger partial charge on any atom is -0.351 e. The van der Waals surface area contributed by atoms with Crippen LogP contribution in [0.25, 0.3) is 0 Å². The Balaban J connectivity index is 1.90. The molecule has 1 aliphatic rings. The Labute approximate surface area is 120 Å². The van der Waals surface area contributed by atoms with Crippen LogP contribution < -0.4 is 5.32 Å². The molecule has 1 atom stereocenters. The molecule has 1 N–H and O–H groups in total. The lowest BCUT2D eigenvalue weighted by molar-refractivity contribution is 0.0954. The Morgan fingerprint density at radius 2 is 2.39 bits per heavy atom. The highest BCUT2D eigenvalue weighted by molar-refractivity contribution is 8.06.